The lowest BCUT2D eigenvalue weighted by atomic mass is 10.1. The van der Waals surface area contributed by atoms with Crippen molar-refractivity contribution >= 4 is 17.4 Å². The number of hydrogen-bond donors (Lipinski definition) is 2. The minimum Gasteiger partial charge on any atom is -0.371 e. The van der Waals surface area contributed by atoms with E-state index in [0.717, 1.165) is 18.7 Å². The quantitative estimate of drug-likeness (QED) is 0.712. The van der Waals surface area contributed by atoms with E-state index in [4.69, 9.17) is 10.00 Å². The number of nitrogens with zero attached hydrogens (tertiary/aromatic N) is 5. The van der Waals surface area contributed by atoms with Crippen molar-refractivity contribution in [1.82, 2.24) is 25.5 Å². The SMILES string of the molecule is N#Cc1cnc(N(C(=O)c2ccn[nH]2)c2ccc([C@H]3CNCCO3)cc2)cn1. The van der Waals surface area contributed by atoms with Gasteiger partial charge in [-0.2, -0.15) is 10.4 Å². The van der Waals surface area contributed by atoms with Gasteiger partial charge in [-0.15, -0.1) is 0 Å². The second kappa shape index (κ2) is 7.96. The number of rotatable bonds is 4. The van der Waals surface area contributed by atoms with E-state index in [1.165, 1.54) is 23.5 Å². The normalized spacial score (nSPS) is 16.3. The van der Waals surface area contributed by atoms with Crippen LogP contribution in [0.2, 0.25) is 0 Å². The number of nitriles is 1. The molecule has 9 nitrogen and oxygen atoms in total. The van der Waals surface area contributed by atoms with Crippen LogP contribution in [0.5, 0.6) is 0 Å². The Morgan fingerprint density at radius 2 is 2.07 bits per heavy atom. The first-order chi connectivity index (χ1) is 13.8. The molecule has 4 rings (SSSR count). The third-order valence-electron chi connectivity index (χ3n) is 4.37. The highest BCUT2D eigenvalue weighted by molar-refractivity contribution is 6.09. The first-order valence-corrected chi connectivity index (χ1v) is 8.74. The van der Waals surface area contributed by atoms with Gasteiger partial charge >= 0.3 is 0 Å². The maximum Gasteiger partial charge on any atom is 0.282 e. The molecule has 1 aliphatic rings. The molecule has 0 radical (unpaired) electrons. The number of H-pyrrole nitrogens is 1. The van der Waals surface area contributed by atoms with E-state index in [0.29, 0.717) is 23.8 Å². The molecule has 9 heteroatoms. The summed E-state index contributed by atoms with van der Waals surface area (Å²) in [6.07, 6.45) is 4.22. The van der Waals surface area contributed by atoms with Crippen molar-refractivity contribution in [1.29, 1.82) is 5.26 Å². The number of nitrogens with one attached hydrogen (secondary N) is 2. The minimum atomic E-state index is -0.333. The zero-order valence-corrected chi connectivity index (χ0v) is 14.9. The zero-order chi connectivity index (χ0) is 19.3. The van der Waals surface area contributed by atoms with Crippen molar-refractivity contribution in [2.45, 2.75) is 6.10 Å². The van der Waals surface area contributed by atoms with Gasteiger partial charge in [-0.05, 0) is 23.8 Å². The summed E-state index contributed by atoms with van der Waals surface area (Å²) in [7, 11) is 0. The fraction of sp³-hybridized carbons (Fsp3) is 0.211. The van der Waals surface area contributed by atoms with E-state index < -0.39 is 0 Å². The Morgan fingerprint density at radius 3 is 2.68 bits per heavy atom. The van der Waals surface area contributed by atoms with Gasteiger partial charge in [0.25, 0.3) is 5.91 Å². The second-order valence-corrected chi connectivity index (χ2v) is 6.14. The Morgan fingerprint density at radius 1 is 1.21 bits per heavy atom. The summed E-state index contributed by atoms with van der Waals surface area (Å²) in [4.78, 5) is 22.7. The molecular weight excluding hydrogens is 358 g/mol. The second-order valence-electron chi connectivity index (χ2n) is 6.14. The van der Waals surface area contributed by atoms with Crippen LogP contribution in [0.25, 0.3) is 0 Å². The highest BCUT2D eigenvalue weighted by Crippen LogP contribution is 2.28. The van der Waals surface area contributed by atoms with Gasteiger partial charge in [-0.1, -0.05) is 12.1 Å². The number of amides is 1. The lowest BCUT2D eigenvalue weighted by molar-refractivity contribution is 0.0277. The first kappa shape index (κ1) is 17.8. The van der Waals surface area contributed by atoms with Gasteiger partial charge in [-0.25, -0.2) is 9.97 Å². The lowest BCUT2D eigenvalue weighted by Gasteiger charge is -2.25. The average Bonchev–Trinajstić information content (AvgIpc) is 3.30. The standard InChI is InChI=1S/C19H17N7O2/c20-9-14-10-23-18(12-22-14)26(19(27)16-5-6-24-25-16)15-3-1-13(2-4-15)17-11-21-7-8-28-17/h1-6,10,12,17,21H,7-8,11H2,(H,24,25)/t17-/m1/s1. The molecule has 0 saturated carbocycles. The fourth-order valence-electron chi connectivity index (χ4n) is 2.96. The molecule has 3 aromatic rings. The van der Waals surface area contributed by atoms with Crippen LogP contribution in [0, 0.1) is 11.3 Å². The number of aromatic nitrogens is 4. The van der Waals surface area contributed by atoms with E-state index in [-0.39, 0.29) is 17.7 Å². The molecule has 1 aromatic carbocycles. The van der Waals surface area contributed by atoms with E-state index in [2.05, 4.69) is 25.5 Å². The fourth-order valence-corrected chi connectivity index (χ4v) is 2.96. The van der Waals surface area contributed by atoms with E-state index in [1.807, 2.05) is 30.3 Å². The van der Waals surface area contributed by atoms with Crippen molar-refractivity contribution in [2.75, 3.05) is 24.6 Å². The van der Waals surface area contributed by atoms with Gasteiger partial charge in [0.2, 0.25) is 0 Å². The molecule has 1 aliphatic heterocycles. The maximum atomic E-state index is 13.0. The Bertz CT molecular complexity index is 973. The number of ether oxygens (including phenoxy) is 1. The van der Waals surface area contributed by atoms with Crippen molar-refractivity contribution in [3.63, 3.8) is 0 Å². The van der Waals surface area contributed by atoms with Gasteiger partial charge in [0.05, 0.1) is 30.8 Å². The Hall–Kier alpha value is -3.61. The summed E-state index contributed by atoms with van der Waals surface area (Å²) in [5.41, 5.74) is 2.13. The Labute approximate surface area is 161 Å². The summed E-state index contributed by atoms with van der Waals surface area (Å²) < 4.78 is 5.77. The number of aromatic amines is 1. The van der Waals surface area contributed by atoms with Crippen molar-refractivity contribution < 1.29 is 9.53 Å². The lowest BCUT2D eigenvalue weighted by Crippen LogP contribution is -2.33. The van der Waals surface area contributed by atoms with Gasteiger partial charge in [0.1, 0.15) is 11.8 Å². The highest BCUT2D eigenvalue weighted by atomic mass is 16.5. The first-order valence-electron chi connectivity index (χ1n) is 8.74. The molecule has 0 spiro atoms. The summed E-state index contributed by atoms with van der Waals surface area (Å²) in [5.74, 6) is -0.0261. The number of carbonyl (C=O) groups excluding carboxylic acids is 1. The molecule has 1 atom stereocenters. The van der Waals surface area contributed by atoms with Crippen LogP contribution >= 0.6 is 0 Å². The summed E-state index contributed by atoms with van der Waals surface area (Å²) >= 11 is 0. The molecule has 140 valence electrons. The zero-order valence-electron chi connectivity index (χ0n) is 14.9. The maximum absolute atomic E-state index is 13.0. The predicted molar refractivity (Wildman–Crippen MR) is 99.8 cm³/mol. The number of anilines is 2. The third-order valence-corrected chi connectivity index (χ3v) is 4.37. The van der Waals surface area contributed by atoms with Crippen molar-refractivity contribution in [3.8, 4) is 6.07 Å². The van der Waals surface area contributed by atoms with Crippen LogP contribution in [0.1, 0.15) is 27.8 Å². The van der Waals surface area contributed by atoms with Gasteiger partial charge in [0.15, 0.2) is 11.5 Å². The van der Waals surface area contributed by atoms with Crippen LogP contribution in [0.3, 0.4) is 0 Å². The molecule has 28 heavy (non-hydrogen) atoms. The highest BCUT2D eigenvalue weighted by Gasteiger charge is 2.23. The van der Waals surface area contributed by atoms with Crippen molar-refractivity contribution in [2.24, 2.45) is 0 Å². The molecule has 2 N–H and O–H groups in total. The molecule has 3 heterocycles. The van der Waals surface area contributed by atoms with Crippen LogP contribution in [0.4, 0.5) is 11.5 Å². The van der Waals surface area contributed by atoms with Crippen LogP contribution in [-0.4, -0.2) is 45.8 Å². The smallest absolute Gasteiger partial charge is 0.282 e. The number of benzene rings is 1. The summed E-state index contributed by atoms with van der Waals surface area (Å²) in [6.45, 7) is 2.26. The Kier molecular flexibility index (Phi) is 5.05. The monoisotopic (exact) mass is 375 g/mol. The molecule has 1 amide bonds. The largest absolute Gasteiger partial charge is 0.371 e. The molecule has 0 aliphatic carbocycles. The third kappa shape index (κ3) is 3.59. The van der Waals surface area contributed by atoms with Crippen LogP contribution in [-0.2, 0) is 4.74 Å². The van der Waals surface area contributed by atoms with E-state index in [9.17, 15) is 4.79 Å². The van der Waals surface area contributed by atoms with Gasteiger partial charge in [-0.3, -0.25) is 14.8 Å². The Balaban J connectivity index is 1.68. The molecular formula is C19H17N7O2. The molecule has 2 aromatic heterocycles. The molecule has 1 saturated heterocycles. The predicted octanol–water partition coefficient (Wildman–Crippen LogP) is 1.71. The number of carbonyl (C=O) groups is 1. The molecule has 0 bridgehead atoms. The number of morpholine rings is 1. The van der Waals surface area contributed by atoms with Crippen molar-refractivity contribution in [3.05, 3.63) is 65.9 Å². The van der Waals surface area contributed by atoms with Gasteiger partial charge < -0.3 is 10.1 Å². The topological polar surface area (TPSA) is 120 Å². The van der Waals surface area contributed by atoms with E-state index >= 15 is 0 Å². The molecule has 0 unspecified atom stereocenters. The average molecular weight is 375 g/mol. The molecule has 1 fully saturated rings. The van der Waals surface area contributed by atoms with Crippen LogP contribution in [0.15, 0.2) is 48.9 Å². The number of hydrogen-bond acceptors (Lipinski definition) is 7. The van der Waals surface area contributed by atoms with Crippen LogP contribution < -0.4 is 10.2 Å². The van der Waals surface area contributed by atoms with E-state index in [1.54, 1.807) is 6.07 Å². The minimum absolute atomic E-state index is 0.0192. The summed E-state index contributed by atoms with van der Waals surface area (Å²) in [5, 5.41) is 18.7. The van der Waals surface area contributed by atoms with Gasteiger partial charge in [0, 0.05) is 19.3 Å². The summed E-state index contributed by atoms with van der Waals surface area (Å²) in [6, 6.07) is 11.0.